The summed E-state index contributed by atoms with van der Waals surface area (Å²) in [4.78, 5) is 12.1. The minimum absolute atomic E-state index is 0.0380. The van der Waals surface area contributed by atoms with Gasteiger partial charge in [-0.2, -0.15) is 5.10 Å². The highest BCUT2D eigenvalue weighted by molar-refractivity contribution is 9.10. The Morgan fingerprint density at radius 3 is 2.21 bits per heavy atom. The Hall–Kier alpha value is -2.14. The molecule has 0 heterocycles. The fourth-order valence-electron chi connectivity index (χ4n) is 3.67. The molecule has 0 saturated heterocycles. The van der Waals surface area contributed by atoms with E-state index in [1.807, 2.05) is 48.5 Å². The molecule has 2 aromatic carbocycles. The quantitative estimate of drug-likeness (QED) is 0.131. The number of nitrogens with one attached hydrogen (secondary N) is 1. The first kappa shape index (κ1) is 27.1. The molecule has 0 bridgehead atoms. The monoisotopic (exact) mass is 514 g/mol. The van der Waals surface area contributed by atoms with Gasteiger partial charge in [0.25, 0.3) is 0 Å². The Morgan fingerprint density at radius 2 is 1.55 bits per heavy atom. The third kappa shape index (κ3) is 12.6. The summed E-state index contributed by atoms with van der Waals surface area (Å²) in [7, 11) is 0. The number of hydrazone groups is 1. The summed E-state index contributed by atoms with van der Waals surface area (Å²) in [6, 6.07) is 15.8. The normalized spacial score (nSPS) is 11.1. The molecule has 1 amide bonds. The summed E-state index contributed by atoms with van der Waals surface area (Å²) in [5.41, 5.74) is 4.56. The minimum Gasteiger partial charge on any atom is -0.488 e. The molecule has 33 heavy (non-hydrogen) atoms. The molecule has 0 aromatic heterocycles. The van der Waals surface area contributed by atoms with Crippen molar-refractivity contribution in [2.45, 2.75) is 90.6 Å². The van der Waals surface area contributed by atoms with Gasteiger partial charge in [-0.1, -0.05) is 117 Å². The van der Waals surface area contributed by atoms with Crippen molar-refractivity contribution in [2.24, 2.45) is 5.10 Å². The summed E-state index contributed by atoms with van der Waals surface area (Å²) in [5.74, 6) is 0.689. The van der Waals surface area contributed by atoms with Gasteiger partial charge in [0.1, 0.15) is 12.4 Å². The molecule has 0 saturated carbocycles. The number of carbonyl (C=O) groups excluding carboxylic acids is 1. The molecule has 0 spiro atoms. The summed E-state index contributed by atoms with van der Waals surface area (Å²) >= 11 is 3.49. The fourth-order valence-corrected chi connectivity index (χ4v) is 4.05. The molecular weight excluding hydrogens is 476 g/mol. The van der Waals surface area contributed by atoms with E-state index in [-0.39, 0.29) is 5.91 Å². The van der Waals surface area contributed by atoms with Gasteiger partial charge in [0.2, 0.25) is 5.91 Å². The highest BCUT2D eigenvalue weighted by Crippen LogP contribution is 2.23. The average Bonchev–Trinajstić information content (AvgIpc) is 2.82. The third-order valence-electron chi connectivity index (χ3n) is 5.61. The molecule has 4 nitrogen and oxygen atoms in total. The third-order valence-corrected chi connectivity index (χ3v) is 6.10. The van der Waals surface area contributed by atoms with E-state index in [4.69, 9.17) is 4.74 Å². The van der Waals surface area contributed by atoms with Gasteiger partial charge in [0.05, 0.1) is 6.21 Å². The summed E-state index contributed by atoms with van der Waals surface area (Å²) in [5, 5.41) is 4.14. The van der Waals surface area contributed by atoms with Crippen LogP contribution >= 0.6 is 15.9 Å². The van der Waals surface area contributed by atoms with Crippen LogP contribution in [0.2, 0.25) is 0 Å². The topological polar surface area (TPSA) is 50.7 Å². The maximum atomic E-state index is 12.1. The molecule has 2 aromatic rings. The zero-order valence-corrected chi connectivity index (χ0v) is 21.6. The second-order valence-corrected chi connectivity index (χ2v) is 9.45. The van der Waals surface area contributed by atoms with Crippen LogP contribution in [0.5, 0.6) is 5.75 Å². The number of unbranched alkanes of at least 4 members (excludes halogenated alkanes) is 10. The van der Waals surface area contributed by atoms with Crippen LogP contribution in [-0.4, -0.2) is 12.1 Å². The van der Waals surface area contributed by atoms with Gasteiger partial charge in [0.15, 0.2) is 0 Å². The first-order valence-electron chi connectivity index (χ1n) is 12.5. The van der Waals surface area contributed by atoms with Crippen molar-refractivity contribution in [2.75, 3.05) is 0 Å². The van der Waals surface area contributed by atoms with E-state index < -0.39 is 0 Å². The predicted octanol–water partition coefficient (Wildman–Crippen LogP) is 8.18. The van der Waals surface area contributed by atoms with Gasteiger partial charge in [-0.05, 0) is 30.2 Å². The number of ether oxygens (including phenoxy) is 1. The Bertz CT molecular complexity index is 824. The minimum atomic E-state index is -0.0380. The van der Waals surface area contributed by atoms with E-state index in [1.54, 1.807) is 6.21 Å². The number of benzene rings is 2. The van der Waals surface area contributed by atoms with Gasteiger partial charge in [-0.25, -0.2) is 5.43 Å². The molecule has 180 valence electrons. The van der Waals surface area contributed by atoms with E-state index in [2.05, 4.69) is 33.4 Å². The highest BCUT2D eigenvalue weighted by Gasteiger charge is 2.05. The van der Waals surface area contributed by atoms with Crippen LogP contribution in [0.15, 0.2) is 58.1 Å². The van der Waals surface area contributed by atoms with Crippen molar-refractivity contribution in [1.82, 2.24) is 5.43 Å². The number of amides is 1. The van der Waals surface area contributed by atoms with Crippen LogP contribution in [0.3, 0.4) is 0 Å². The number of hydrogen-bond acceptors (Lipinski definition) is 3. The van der Waals surface area contributed by atoms with Crippen LogP contribution < -0.4 is 10.2 Å². The number of carbonyl (C=O) groups is 1. The molecule has 2 rings (SSSR count). The van der Waals surface area contributed by atoms with Crippen LogP contribution in [0, 0.1) is 0 Å². The summed E-state index contributed by atoms with van der Waals surface area (Å²) in [6.45, 7) is 2.74. The van der Waals surface area contributed by atoms with Crippen molar-refractivity contribution in [3.63, 3.8) is 0 Å². The van der Waals surface area contributed by atoms with E-state index in [0.717, 1.165) is 34.2 Å². The largest absolute Gasteiger partial charge is 0.488 e. The van der Waals surface area contributed by atoms with Crippen molar-refractivity contribution in [3.8, 4) is 5.75 Å². The highest BCUT2D eigenvalue weighted by atomic mass is 79.9. The van der Waals surface area contributed by atoms with Crippen molar-refractivity contribution >= 4 is 28.1 Å². The van der Waals surface area contributed by atoms with Crippen molar-refractivity contribution in [1.29, 1.82) is 0 Å². The van der Waals surface area contributed by atoms with Crippen LogP contribution in [0.25, 0.3) is 0 Å². The van der Waals surface area contributed by atoms with Crippen LogP contribution in [-0.2, 0) is 11.4 Å². The second-order valence-electron chi connectivity index (χ2n) is 8.54. The standard InChI is InChI=1S/C28H39BrN2O2/c1-2-3-4-5-6-7-8-9-10-11-15-18-28(32)31-30-22-25-21-26(29)19-20-27(25)33-23-24-16-13-12-14-17-24/h12-14,16-17,19-22H,2-11,15,18,23H2,1H3,(H,31,32)/b30-22+. The lowest BCUT2D eigenvalue weighted by Gasteiger charge is -2.09. The van der Waals surface area contributed by atoms with Crippen molar-refractivity contribution in [3.05, 3.63) is 64.1 Å². The lowest BCUT2D eigenvalue weighted by Crippen LogP contribution is -2.17. The molecule has 0 atom stereocenters. The van der Waals surface area contributed by atoms with Gasteiger partial charge in [0, 0.05) is 16.5 Å². The van der Waals surface area contributed by atoms with Gasteiger partial charge >= 0.3 is 0 Å². The number of halogens is 1. The molecule has 0 radical (unpaired) electrons. The zero-order valence-electron chi connectivity index (χ0n) is 20.0. The zero-order chi connectivity index (χ0) is 23.6. The van der Waals surface area contributed by atoms with Gasteiger partial charge in [-0.15, -0.1) is 0 Å². The first-order chi connectivity index (χ1) is 16.2. The maximum absolute atomic E-state index is 12.1. The van der Waals surface area contributed by atoms with Crippen molar-refractivity contribution < 1.29 is 9.53 Å². The molecule has 1 N–H and O–H groups in total. The maximum Gasteiger partial charge on any atom is 0.240 e. The number of hydrogen-bond donors (Lipinski definition) is 1. The molecule has 0 aliphatic rings. The second kappa shape index (κ2) is 17.4. The number of nitrogens with zero attached hydrogens (tertiary/aromatic N) is 1. The Labute approximate surface area is 208 Å². The average molecular weight is 516 g/mol. The Balaban J connectivity index is 1.62. The van der Waals surface area contributed by atoms with E-state index in [0.29, 0.717) is 13.0 Å². The van der Waals surface area contributed by atoms with Crippen LogP contribution in [0.1, 0.15) is 95.1 Å². The summed E-state index contributed by atoms with van der Waals surface area (Å²) in [6.07, 6.45) is 16.2. The lowest BCUT2D eigenvalue weighted by atomic mass is 10.1. The smallest absolute Gasteiger partial charge is 0.240 e. The number of rotatable bonds is 17. The molecule has 5 heteroatoms. The molecule has 0 unspecified atom stereocenters. The Kier molecular flexibility index (Phi) is 14.3. The summed E-state index contributed by atoms with van der Waals surface area (Å²) < 4.78 is 6.89. The SMILES string of the molecule is CCCCCCCCCCCCCC(=O)N/N=C/c1cc(Br)ccc1OCc1ccccc1. The fraction of sp³-hybridized carbons (Fsp3) is 0.500. The molecular formula is C28H39BrN2O2. The molecule has 0 aliphatic carbocycles. The first-order valence-corrected chi connectivity index (χ1v) is 13.3. The predicted molar refractivity (Wildman–Crippen MR) is 142 cm³/mol. The molecule has 0 aliphatic heterocycles. The van der Waals surface area contributed by atoms with E-state index >= 15 is 0 Å². The molecule has 0 fully saturated rings. The van der Waals surface area contributed by atoms with Gasteiger partial charge < -0.3 is 4.74 Å². The van der Waals surface area contributed by atoms with E-state index in [1.165, 1.54) is 57.8 Å². The van der Waals surface area contributed by atoms with Gasteiger partial charge in [-0.3, -0.25) is 4.79 Å². The Morgan fingerprint density at radius 1 is 0.909 bits per heavy atom. The lowest BCUT2D eigenvalue weighted by molar-refractivity contribution is -0.121. The van der Waals surface area contributed by atoms with Crippen LogP contribution in [0.4, 0.5) is 0 Å². The van der Waals surface area contributed by atoms with E-state index in [9.17, 15) is 4.79 Å².